The highest BCUT2D eigenvalue weighted by molar-refractivity contribution is 7.99. The van der Waals surface area contributed by atoms with E-state index in [1.807, 2.05) is 41.0 Å². The molecular weight excluding hydrogens is 532 g/mol. The minimum atomic E-state index is -3.86. The van der Waals surface area contributed by atoms with Crippen molar-refractivity contribution in [3.63, 3.8) is 0 Å². The lowest BCUT2D eigenvalue weighted by atomic mass is 10.1. The van der Waals surface area contributed by atoms with Gasteiger partial charge in [0.15, 0.2) is 11.0 Å². The summed E-state index contributed by atoms with van der Waals surface area (Å²) in [6.07, 6.45) is 2.64. The Hall–Kier alpha value is -3.76. The van der Waals surface area contributed by atoms with Crippen LogP contribution in [0.2, 0.25) is 0 Å². The van der Waals surface area contributed by atoms with Crippen molar-refractivity contribution in [2.45, 2.75) is 30.3 Å². The number of nitrogens with zero attached hydrogens (tertiary/aromatic N) is 4. The average Bonchev–Trinajstić information content (AvgIpc) is 3.55. The second-order valence-electron chi connectivity index (χ2n) is 9.38. The fourth-order valence-electron chi connectivity index (χ4n) is 4.35. The number of hydrogen-bond donors (Lipinski definition) is 0. The lowest BCUT2D eigenvalue weighted by Gasteiger charge is -2.15. The Bertz CT molecular complexity index is 1710. The van der Waals surface area contributed by atoms with Crippen LogP contribution >= 0.6 is 11.8 Å². The molecule has 2 heterocycles. The molecule has 0 saturated carbocycles. The van der Waals surface area contributed by atoms with Gasteiger partial charge in [-0.15, -0.1) is 10.2 Å². The summed E-state index contributed by atoms with van der Waals surface area (Å²) < 4.78 is 41.9. The quantitative estimate of drug-likeness (QED) is 0.185. The molecule has 0 amide bonds. The predicted molar refractivity (Wildman–Crippen MR) is 155 cm³/mol. The molecule has 0 radical (unpaired) electrons. The molecule has 0 atom stereocenters. The van der Waals surface area contributed by atoms with Gasteiger partial charge < -0.3 is 9.47 Å². The molecule has 0 saturated heterocycles. The van der Waals surface area contributed by atoms with Gasteiger partial charge >= 0.3 is 0 Å². The van der Waals surface area contributed by atoms with Gasteiger partial charge in [0.05, 0.1) is 30.3 Å². The topological polar surface area (TPSA) is 88.2 Å². The normalized spacial score (nSPS) is 11.8. The average molecular weight is 563 g/mol. The zero-order valence-electron chi connectivity index (χ0n) is 22.2. The second kappa shape index (κ2) is 11.2. The highest BCUT2D eigenvalue weighted by Gasteiger charge is 2.26. The molecule has 0 unspecified atom stereocenters. The van der Waals surface area contributed by atoms with E-state index in [2.05, 4.69) is 24.0 Å². The van der Waals surface area contributed by atoms with E-state index in [9.17, 15) is 8.42 Å². The Balaban J connectivity index is 1.75. The maximum Gasteiger partial charge on any atom is 0.268 e. The van der Waals surface area contributed by atoms with E-state index < -0.39 is 10.0 Å². The molecule has 0 N–H and O–H groups in total. The van der Waals surface area contributed by atoms with Crippen molar-refractivity contribution in [2.75, 3.05) is 20.0 Å². The molecule has 8 nitrogen and oxygen atoms in total. The first kappa shape index (κ1) is 26.8. The number of methoxy groups -OCH3 is 2. The number of thioether (sulfide) groups is 1. The molecule has 0 bridgehead atoms. The largest absolute Gasteiger partial charge is 0.497 e. The number of fused-ring (bicyclic) bond motifs is 1. The molecule has 39 heavy (non-hydrogen) atoms. The maximum atomic E-state index is 13.7. The Labute approximate surface area is 232 Å². The van der Waals surface area contributed by atoms with Gasteiger partial charge in [0.2, 0.25) is 0 Å². The van der Waals surface area contributed by atoms with Gasteiger partial charge in [-0.05, 0) is 42.7 Å². The molecule has 202 valence electrons. The van der Waals surface area contributed by atoms with E-state index in [-0.39, 0.29) is 4.90 Å². The van der Waals surface area contributed by atoms with Crippen molar-refractivity contribution in [2.24, 2.45) is 5.92 Å². The molecule has 2 aromatic heterocycles. The first-order valence-electron chi connectivity index (χ1n) is 12.6. The third-order valence-electron chi connectivity index (χ3n) is 6.41. The number of benzene rings is 3. The van der Waals surface area contributed by atoms with Crippen LogP contribution in [-0.4, -0.2) is 47.1 Å². The van der Waals surface area contributed by atoms with Crippen molar-refractivity contribution in [1.29, 1.82) is 0 Å². The summed E-state index contributed by atoms with van der Waals surface area (Å²) in [4.78, 5) is 0.207. The summed E-state index contributed by atoms with van der Waals surface area (Å²) in [6.45, 7) is 4.37. The fourth-order valence-corrected chi connectivity index (χ4v) is 6.92. The summed E-state index contributed by atoms with van der Waals surface area (Å²) in [5.41, 5.74) is 1.89. The van der Waals surface area contributed by atoms with Crippen LogP contribution in [-0.2, 0) is 10.0 Å². The number of rotatable bonds is 10. The zero-order valence-corrected chi connectivity index (χ0v) is 23.9. The van der Waals surface area contributed by atoms with Crippen molar-refractivity contribution in [1.82, 2.24) is 18.7 Å². The maximum absolute atomic E-state index is 13.7. The molecule has 3 aromatic carbocycles. The van der Waals surface area contributed by atoms with Crippen molar-refractivity contribution in [3.05, 3.63) is 79.0 Å². The molecule has 10 heteroatoms. The predicted octanol–water partition coefficient (Wildman–Crippen LogP) is 6.28. The lowest BCUT2D eigenvalue weighted by molar-refractivity contribution is 0.401. The first-order valence-corrected chi connectivity index (χ1v) is 15.0. The molecule has 5 rings (SSSR count). The Morgan fingerprint density at radius 2 is 1.67 bits per heavy atom. The molecule has 5 aromatic rings. The van der Waals surface area contributed by atoms with Crippen LogP contribution < -0.4 is 9.47 Å². The number of para-hydroxylation sites is 1. The zero-order chi connectivity index (χ0) is 27.6. The molecule has 0 spiro atoms. The van der Waals surface area contributed by atoms with Crippen LogP contribution in [0.1, 0.15) is 20.3 Å². The van der Waals surface area contributed by atoms with E-state index in [1.54, 1.807) is 68.6 Å². The Morgan fingerprint density at radius 3 is 2.38 bits per heavy atom. The van der Waals surface area contributed by atoms with Crippen molar-refractivity contribution >= 4 is 32.7 Å². The number of hydrogen-bond acceptors (Lipinski definition) is 7. The first-order chi connectivity index (χ1) is 18.8. The monoisotopic (exact) mass is 562 g/mol. The van der Waals surface area contributed by atoms with Crippen LogP contribution in [0.4, 0.5) is 0 Å². The van der Waals surface area contributed by atoms with Crippen LogP contribution in [0.15, 0.2) is 89.0 Å². The van der Waals surface area contributed by atoms with Gasteiger partial charge in [-0.25, -0.2) is 12.4 Å². The van der Waals surface area contributed by atoms with E-state index in [0.717, 1.165) is 17.6 Å². The summed E-state index contributed by atoms with van der Waals surface area (Å²) >= 11 is 1.60. The highest BCUT2D eigenvalue weighted by Crippen LogP contribution is 2.38. The Morgan fingerprint density at radius 1 is 0.923 bits per heavy atom. The smallest absolute Gasteiger partial charge is 0.268 e. The van der Waals surface area contributed by atoms with Crippen LogP contribution in [0.3, 0.4) is 0 Å². The van der Waals surface area contributed by atoms with Crippen LogP contribution in [0.5, 0.6) is 11.5 Å². The van der Waals surface area contributed by atoms with Gasteiger partial charge in [-0.3, -0.25) is 4.57 Å². The number of aromatic nitrogens is 4. The highest BCUT2D eigenvalue weighted by atomic mass is 32.2. The molecule has 0 aliphatic heterocycles. The fraction of sp³-hybridized carbons (Fsp3) is 0.241. The third kappa shape index (κ3) is 5.14. The van der Waals surface area contributed by atoms with Gasteiger partial charge in [-0.1, -0.05) is 62.0 Å². The summed E-state index contributed by atoms with van der Waals surface area (Å²) in [6, 6.07) is 21.4. The minimum Gasteiger partial charge on any atom is -0.497 e. The van der Waals surface area contributed by atoms with E-state index in [4.69, 9.17) is 9.47 Å². The van der Waals surface area contributed by atoms with E-state index in [0.29, 0.717) is 45.2 Å². The molecule has 0 aliphatic rings. The van der Waals surface area contributed by atoms with Crippen LogP contribution in [0, 0.1) is 5.92 Å². The van der Waals surface area contributed by atoms with E-state index >= 15 is 0 Å². The standard InChI is InChI=1S/C29H30N4O4S2/c1-20(2)16-17-38-29-31-30-28(33(29)26-18-21(36-3)14-15-27(26)37-4)24-19-32(25-13-9-8-12-23(24)25)39(34,35)22-10-6-5-7-11-22/h5-15,18-20H,16-17H2,1-4H3. The molecular formula is C29H30N4O4S2. The van der Waals surface area contributed by atoms with Gasteiger partial charge in [0.1, 0.15) is 11.5 Å². The van der Waals surface area contributed by atoms with Crippen LogP contribution in [0.25, 0.3) is 28.0 Å². The summed E-state index contributed by atoms with van der Waals surface area (Å²) in [7, 11) is -0.641. The minimum absolute atomic E-state index is 0.207. The van der Waals surface area contributed by atoms with Gasteiger partial charge in [-0.2, -0.15) is 0 Å². The van der Waals surface area contributed by atoms with Gasteiger partial charge in [0.25, 0.3) is 10.0 Å². The third-order valence-corrected chi connectivity index (χ3v) is 9.06. The number of ether oxygens (including phenoxy) is 2. The van der Waals surface area contributed by atoms with Crippen molar-refractivity contribution < 1.29 is 17.9 Å². The second-order valence-corrected chi connectivity index (χ2v) is 12.3. The summed E-state index contributed by atoms with van der Waals surface area (Å²) in [5.74, 6) is 3.17. The SMILES string of the molecule is COc1ccc(OC)c(-n2c(SCCC(C)C)nnc2-c2cn(S(=O)(=O)c3ccccc3)c3ccccc23)c1. The Kier molecular flexibility index (Phi) is 7.67. The summed E-state index contributed by atoms with van der Waals surface area (Å²) in [5, 5.41) is 10.6. The van der Waals surface area contributed by atoms with Gasteiger partial charge in [0, 0.05) is 29.0 Å². The lowest BCUT2D eigenvalue weighted by Crippen LogP contribution is -2.11. The van der Waals surface area contributed by atoms with Crippen molar-refractivity contribution in [3.8, 4) is 28.6 Å². The molecule has 0 fully saturated rings. The molecule has 0 aliphatic carbocycles. The van der Waals surface area contributed by atoms with E-state index in [1.165, 1.54) is 3.97 Å².